The lowest BCUT2D eigenvalue weighted by Crippen LogP contribution is -2.35. The van der Waals surface area contributed by atoms with E-state index in [-0.39, 0.29) is 49.0 Å². The molecule has 0 radical (unpaired) electrons. The van der Waals surface area contributed by atoms with E-state index in [2.05, 4.69) is 41.2 Å². The Morgan fingerprint density at radius 2 is 0.875 bits per heavy atom. The van der Waals surface area contributed by atoms with Gasteiger partial charge in [0, 0.05) is 51.0 Å². The number of nitrogens with zero attached hydrogens (tertiary/aromatic N) is 4. The summed E-state index contributed by atoms with van der Waals surface area (Å²) in [6, 6.07) is 16.3. The third-order valence-electron chi connectivity index (χ3n) is 5.48. The van der Waals surface area contributed by atoms with Crippen LogP contribution in [0.2, 0.25) is 0 Å². The summed E-state index contributed by atoms with van der Waals surface area (Å²) in [7, 11) is 0. The lowest BCUT2D eigenvalue weighted by Gasteiger charge is -2.09. The van der Waals surface area contributed by atoms with Gasteiger partial charge in [-0.1, -0.05) is 24.3 Å². The van der Waals surface area contributed by atoms with E-state index in [0.717, 1.165) is 11.1 Å². The average Bonchev–Trinajstić information content (AvgIpc) is 3.01. The molecule has 12 nitrogen and oxygen atoms in total. The van der Waals surface area contributed by atoms with Gasteiger partial charge in [-0.25, -0.2) is 9.97 Å². The van der Waals surface area contributed by atoms with Crippen LogP contribution < -0.4 is 21.3 Å². The van der Waals surface area contributed by atoms with Gasteiger partial charge in [0.05, 0.1) is 0 Å². The fourth-order valence-corrected chi connectivity index (χ4v) is 3.46. The first-order valence-electron chi connectivity index (χ1n) is 12.3. The summed E-state index contributed by atoms with van der Waals surface area (Å²) in [5.74, 6) is -1.85. The van der Waals surface area contributed by atoms with Crippen LogP contribution in [0.15, 0.2) is 85.5 Å². The zero-order chi connectivity index (χ0) is 28.2. The van der Waals surface area contributed by atoms with Crippen LogP contribution in [0.3, 0.4) is 0 Å². The van der Waals surface area contributed by atoms with Crippen LogP contribution in [0.4, 0.5) is 0 Å². The van der Waals surface area contributed by atoms with Crippen molar-refractivity contribution in [2.45, 2.75) is 13.1 Å². The van der Waals surface area contributed by atoms with Gasteiger partial charge in [-0.2, -0.15) is 0 Å². The minimum absolute atomic E-state index is 0.0621. The Bertz CT molecular complexity index is 1370. The standard InChI is InChI=1S/C28H26N8O4/c37-25(21-7-1-9-23(35-21)27(39)33-17-19-5-3-11-29-15-19)31-13-14-32-26(38)22-8-2-10-24(36-22)28(40)34-18-20-6-4-12-30-16-20/h1-12,15-16H,13-14,17-18H2,(H,31,37)(H,32,38)(H,33,39)(H,34,40). The van der Waals surface area contributed by atoms with E-state index in [4.69, 9.17) is 0 Å². The van der Waals surface area contributed by atoms with Gasteiger partial charge in [0.25, 0.3) is 23.6 Å². The third-order valence-corrected chi connectivity index (χ3v) is 5.48. The molecule has 0 fully saturated rings. The average molecular weight is 539 g/mol. The Morgan fingerprint density at radius 3 is 1.23 bits per heavy atom. The van der Waals surface area contributed by atoms with Gasteiger partial charge in [-0.3, -0.25) is 29.1 Å². The highest BCUT2D eigenvalue weighted by atomic mass is 16.2. The van der Waals surface area contributed by atoms with Gasteiger partial charge < -0.3 is 21.3 Å². The molecule has 4 aromatic heterocycles. The van der Waals surface area contributed by atoms with E-state index >= 15 is 0 Å². The minimum Gasteiger partial charge on any atom is -0.349 e. The van der Waals surface area contributed by atoms with Crippen molar-refractivity contribution in [1.82, 2.24) is 41.2 Å². The molecule has 0 bridgehead atoms. The van der Waals surface area contributed by atoms with Crippen molar-refractivity contribution < 1.29 is 19.2 Å². The molecule has 4 amide bonds. The van der Waals surface area contributed by atoms with Crippen molar-refractivity contribution in [2.24, 2.45) is 0 Å². The van der Waals surface area contributed by atoms with E-state index in [1.165, 1.54) is 24.3 Å². The summed E-state index contributed by atoms with van der Waals surface area (Å²) in [5.41, 5.74) is 1.98. The lowest BCUT2D eigenvalue weighted by atomic mass is 10.2. The summed E-state index contributed by atoms with van der Waals surface area (Å²) >= 11 is 0. The number of hydrogen-bond acceptors (Lipinski definition) is 8. The Morgan fingerprint density at radius 1 is 0.500 bits per heavy atom. The molecule has 4 N–H and O–H groups in total. The van der Waals surface area contributed by atoms with Gasteiger partial charge >= 0.3 is 0 Å². The molecule has 0 aromatic carbocycles. The summed E-state index contributed by atoms with van der Waals surface area (Å²) in [6.45, 7) is 0.764. The Hall–Kier alpha value is -5.52. The monoisotopic (exact) mass is 538 g/mol. The normalized spacial score (nSPS) is 10.3. The Kier molecular flexibility index (Phi) is 9.53. The van der Waals surface area contributed by atoms with Gasteiger partial charge in [-0.15, -0.1) is 0 Å². The molecule has 0 aliphatic rings. The van der Waals surface area contributed by atoms with Crippen LogP contribution in [0.25, 0.3) is 0 Å². The zero-order valence-electron chi connectivity index (χ0n) is 21.3. The second-order valence-corrected chi connectivity index (χ2v) is 8.42. The van der Waals surface area contributed by atoms with Gasteiger partial charge in [0.15, 0.2) is 0 Å². The molecule has 0 aliphatic heterocycles. The minimum atomic E-state index is -0.499. The molecule has 4 aromatic rings. The number of carbonyl (C=O) groups excluding carboxylic acids is 4. The first-order valence-corrected chi connectivity index (χ1v) is 12.3. The van der Waals surface area contributed by atoms with Crippen LogP contribution in [0, 0.1) is 0 Å². The molecule has 0 saturated carbocycles. The van der Waals surface area contributed by atoms with Crippen molar-refractivity contribution >= 4 is 23.6 Å². The summed E-state index contributed by atoms with van der Waals surface area (Å²) in [6.07, 6.45) is 6.57. The second kappa shape index (κ2) is 13.9. The largest absolute Gasteiger partial charge is 0.349 e. The highest BCUT2D eigenvalue weighted by Crippen LogP contribution is 2.03. The number of rotatable bonds is 11. The number of hydrogen-bond donors (Lipinski definition) is 4. The lowest BCUT2D eigenvalue weighted by molar-refractivity contribution is 0.0916. The van der Waals surface area contributed by atoms with Gasteiger partial charge in [-0.05, 0) is 47.5 Å². The molecule has 0 aliphatic carbocycles. The van der Waals surface area contributed by atoms with Crippen molar-refractivity contribution in [1.29, 1.82) is 0 Å². The van der Waals surface area contributed by atoms with E-state index in [1.807, 2.05) is 12.1 Å². The summed E-state index contributed by atoms with van der Waals surface area (Å²) in [4.78, 5) is 66.1. The third kappa shape index (κ3) is 7.99. The molecular formula is C28H26N8O4. The number of amides is 4. The molecular weight excluding hydrogens is 512 g/mol. The van der Waals surface area contributed by atoms with Crippen LogP contribution in [0.1, 0.15) is 53.1 Å². The topological polar surface area (TPSA) is 168 Å². The van der Waals surface area contributed by atoms with Crippen LogP contribution in [-0.2, 0) is 13.1 Å². The molecule has 40 heavy (non-hydrogen) atoms. The molecule has 0 saturated heterocycles. The van der Waals surface area contributed by atoms with E-state index in [0.29, 0.717) is 0 Å². The fourth-order valence-electron chi connectivity index (χ4n) is 3.46. The zero-order valence-corrected chi connectivity index (χ0v) is 21.3. The Balaban J connectivity index is 1.22. The number of aromatic nitrogens is 4. The molecule has 12 heteroatoms. The van der Waals surface area contributed by atoms with Crippen molar-refractivity contribution in [3.05, 3.63) is 119 Å². The molecule has 4 heterocycles. The van der Waals surface area contributed by atoms with Crippen molar-refractivity contribution in [3.8, 4) is 0 Å². The quantitative estimate of drug-likeness (QED) is 0.207. The maximum Gasteiger partial charge on any atom is 0.270 e. The summed E-state index contributed by atoms with van der Waals surface area (Å²) < 4.78 is 0. The van der Waals surface area contributed by atoms with Crippen LogP contribution in [0.5, 0.6) is 0 Å². The van der Waals surface area contributed by atoms with Crippen LogP contribution >= 0.6 is 0 Å². The number of carbonyl (C=O) groups is 4. The second-order valence-electron chi connectivity index (χ2n) is 8.42. The SMILES string of the molecule is O=C(NCCNC(=O)c1cccc(C(=O)NCc2cccnc2)n1)c1cccc(C(=O)NCc2cccnc2)n1. The maximum atomic E-state index is 12.5. The van der Waals surface area contributed by atoms with E-state index in [1.54, 1.807) is 49.1 Å². The first-order chi connectivity index (χ1) is 19.5. The molecule has 0 spiro atoms. The molecule has 4 rings (SSSR count). The van der Waals surface area contributed by atoms with Crippen molar-refractivity contribution in [2.75, 3.05) is 13.1 Å². The highest BCUT2D eigenvalue weighted by Gasteiger charge is 2.14. The van der Waals surface area contributed by atoms with E-state index < -0.39 is 23.6 Å². The predicted octanol–water partition coefficient (Wildman–Crippen LogP) is 1.29. The highest BCUT2D eigenvalue weighted by molar-refractivity contribution is 5.97. The fraction of sp³-hybridized carbons (Fsp3) is 0.143. The van der Waals surface area contributed by atoms with Gasteiger partial charge in [0.1, 0.15) is 22.8 Å². The Labute approximate surface area is 229 Å². The predicted molar refractivity (Wildman–Crippen MR) is 144 cm³/mol. The first kappa shape index (κ1) is 27.5. The molecule has 202 valence electrons. The maximum absolute atomic E-state index is 12.5. The van der Waals surface area contributed by atoms with Crippen LogP contribution in [-0.4, -0.2) is 56.7 Å². The number of nitrogens with one attached hydrogen (secondary N) is 4. The summed E-state index contributed by atoms with van der Waals surface area (Å²) in [5, 5.41) is 10.8. The van der Waals surface area contributed by atoms with Crippen molar-refractivity contribution in [3.63, 3.8) is 0 Å². The number of pyridine rings is 4. The van der Waals surface area contributed by atoms with E-state index in [9.17, 15) is 19.2 Å². The molecule has 0 unspecified atom stereocenters. The smallest absolute Gasteiger partial charge is 0.270 e. The molecule has 0 atom stereocenters. The van der Waals surface area contributed by atoms with Gasteiger partial charge in [0.2, 0.25) is 0 Å².